The van der Waals surface area contributed by atoms with Gasteiger partial charge in [0.05, 0.1) is 5.56 Å². The Morgan fingerprint density at radius 3 is 2.62 bits per heavy atom. The number of rotatable bonds is 3. The van der Waals surface area contributed by atoms with Crippen LogP contribution in [0.25, 0.3) is 0 Å². The van der Waals surface area contributed by atoms with Crippen LogP contribution in [0.15, 0.2) is 36.4 Å². The van der Waals surface area contributed by atoms with Crippen molar-refractivity contribution < 1.29 is 14.3 Å². The maximum Gasteiger partial charge on any atom is 0.259 e. The van der Waals surface area contributed by atoms with Gasteiger partial charge in [-0.1, -0.05) is 23.8 Å². The number of nitrogens with two attached hydrogens (primary N) is 1. The molecular weight excluding hydrogens is 315 g/mol. The van der Waals surface area contributed by atoms with E-state index in [9.17, 15) is 14.3 Å². The molecule has 0 aromatic heterocycles. The van der Waals surface area contributed by atoms with Crippen molar-refractivity contribution in [1.82, 2.24) is 0 Å². The molecule has 0 heterocycles. The minimum absolute atomic E-state index is 0.00343. The van der Waals surface area contributed by atoms with Gasteiger partial charge in [-0.25, -0.2) is 4.39 Å². The number of aromatic hydroxyl groups is 1. The van der Waals surface area contributed by atoms with Crippen molar-refractivity contribution in [3.05, 3.63) is 58.4 Å². The number of halogens is 2. The zero-order valence-corrected chi connectivity index (χ0v) is 12.1. The third-order valence-electron chi connectivity index (χ3n) is 2.69. The van der Waals surface area contributed by atoms with Gasteiger partial charge < -0.3 is 16.2 Å². The first kappa shape index (κ1) is 15.2. The number of carbonyl (C=O) groups excluding carboxylic acids is 1. The predicted molar refractivity (Wildman–Crippen MR) is 83.4 cm³/mol. The number of hydrogen-bond donors (Lipinski definition) is 3. The van der Waals surface area contributed by atoms with E-state index in [4.69, 9.17) is 29.6 Å². The topological polar surface area (TPSA) is 75.3 Å². The standard InChI is InChI=1S/C14H10ClFN2O2S/c15-7-1-4-12(19)10(5-7)14(20)18-8-2-3-11(16)9(6-8)13(17)21/h1-6,19H,(H2,17,21)(H,18,20). The lowest BCUT2D eigenvalue weighted by Crippen LogP contribution is -2.15. The smallest absolute Gasteiger partial charge is 0.259 e. The quantitative estimate of drug-likeness (QED) is 0.758. The molecule has 0 saturated carbocycles. The second kappa shape index (κ2) is 6.07. The summed E-state index contributed by atoms with van der Waals surface area (Å²) in [6.45, 7) is 0. The molecule has 0 bridgehead atoms. The van der Waals surface area contributed by atoms with Gasteiger partial charge in [0.15, 0.2) is 0 Å². The molecule has 21 heavy (non-hydrogen) atoms. The van der Waals surface area contributed by atoms with E-state index < -0.39 is 11.7 Å². The number of thiocarbonyl (C=S) groups is 1. The number of phenolic OH excluding ortho intramolecular Hbond substituents is 1. The molecule has 0 aliphatic rings. The summed E-state index contributed by atoms with van der Waals surface area (Å²) in [4.78, 5) is 11.9. The summed E-state index contributed by atoms with van der Waals surface area (Å²) >= 11 is 10.5. The fourth-order valence-electron chi connectivity index (χ4n) is 1.68. The highest BCUT2D eigenvalue weighted by molar-refractivity contribution is 7.80. The molecular formula is C14H10ClFN2O2S. The fourth-order valence-corrected chi connectivity index (χ4v) is 2.01. The highest BCUT2D eigenvalue weighted by Crippen LogP contribution is 2.23. The molecule has 0 radical (unpaired) electrons. The van der Waals surface area contributed by atoms with Crippen molar-refractivity contribution in [2.75, 3.05) is 5.32 Å². The van der Waals surface area contributed by atoms with Crippen LogP contribution in [-0.4, -0.2) is 16.0 Å². The normalized spacial score (nSPS) is 10.2. The summed E-state index contributed by atoms with van der Waals surface area (Å²) in [5, 5.41) is 12.5. The molecule has 2 rings (SSSR count). The maximum absolute atomic E-state index is 13.5. The summed E-state index contributed by atoms with van der Waals surface area (Å²) in [5.41, 5.74) is 5.72. The maximum atomic E-state index is 13.5. The van der Waals surface area contributed by atoms with Gasteiger partial charge >= 0.3 is 0 Å². The summed E-state index contributed by atoms with van der Waals surface area (Å²) in [6.07, 6.45) is 0. The molecule has 0 aliphatic heterocycles. The molecule has 0 aliphatic carbocycles. The highest BCUT2D eigenvalue weighted by atomic mass is 35.5. The molecule has 4 nitrogen and oxygen atoms in total. The van der Waals surface area contributed by atoms with Crippen molar-refractivity contribution in [1.29, 1.82) is 0 Å². The summed E-state index contributed by atoms with van der Waals surface area (Å²) in [6, 6.07) is 7.90. The minimum atomic E-state index is -0.588. The molecule has 7 heteroatoms. The Labute approximate surface area is 130 Å². The van der Waals surface area contributed by atoms with E-state index >= 15 is 0 Å². The van der Waals surface area contributed by atoms with E-state index in [1.54, 1.807) is 0 Å². The number of phenols is 1. The molecule has 4 N–H and O–H groups in total. The van der Waals surface area contributed by atoms with Gasteiger partial charge in [0, 0.05) is 16.3 Å². The second-order valence-electron chi connectivity index (χ2n) is 4.17. The number of benzene rings is 2. The second-order valence-corrected chi connectivity index (χ2v) is 5.05. The van der Waals surface area contributed by atoms with Gasteiger partial charge in [0.1, 0.15) is 16.6 Å². The molecule has 1 amide bonds. The molecule has 0 saturated heterocycles. The largest absolute Gasteiger partial charge is 0.507 e. The van der Waals surface area contributed by atoms with Crippen LogP contribution in [0.1, 0.15) is 15.9 Å². The van der Waals surface area contributed by atoms with Gasteiger partial charge in [0.2, 0.25) is 0 Å². The SMILES string of the molecule is NC(=S)c1cc(NC(=O)c2cc(Cl)ccc2O)ccc1F. The Balaban J connectivity index is 2.29. The molecule has 0 fully saturated rings. The lowest BCUT2D eigenvalue weighted by Gasteiger charge is -2.09. The van der Waals surface area contributed by atoms with Gasteiger partial charge in [-0.15, -0.1) is 0 Å². The van der Waals surface area contributed by atoms with Crippen LogP contribution in [0.3, 0.4) is 0 Å². The molecule has 2 aromatic carbocycles. The first-order valence-electron chi connectivity index (χ1n) is 5.77. The third kappa shape index (κ3) is 3.48. The Morgan fingerprint density at radius 1 is 1.24 bits per heavy atom. The van der Waals surface area contributed by atoms with Crippen molar-refractivity contribution in [3.63, 3.8) is 0 Å². The van der Waals surface area contributed by atoms with Crippen LogP contribution < -0.4 is 11.1 Å². The molecule has 0 atom stereocenters. The van der Waals surface area contributed by atoms with Crippen molar-refractivity contribution in [2.45, 2.75) is 0 Å². The Hall–Kier alpha value is -2.18. The van der Waals surface area contributed by atoms with E-state index in [1.165, 1.54) is 30.3 Å². The van der Waals surface area contributed by atoms with Crippen molar-refractivity contribution >= 4 is 40.4 Å². The first-order chi connectivity index (χ1) is 9.88. The highest BCUT2D eigenvalue weighted by Gasteiger charge is 2.13. The van der Waals surface area contributed by atoms with Crippen LogP contribution in [0.2, 0.25) is 5.02 Å². The average Bonchev–Trinajstić information content (AvgIpc) is 2.43. The van der Waals surface area contributed by atoms with Crippen molar-refractivity contribution in [3.8, 4) is 5.75 Å². The summed E-state index contributed by atoms with van der Waals surface area (Å²) in [7, 11) is 0. The minimum Gasteiger partial charge on any atom is -0.507 e. The number of carbonyl (C=O) groups is 1. The predicted octanol–water partition coefficient (Wildman–Crippen LogP) is 3.07. The average molecular weight is 325 g/mol. The van der Waals surface area contributed by atoms with Crippen LogP contribution in [0, 0.1) is 5.82 Å². The van der Waals surface area contributed by atoms with Crippen LogP contribution in [0.4, 0.5) is 10.1 Å². The summed E-state index contributed by atoms with van der Waals surface area (Å²) < 4.78 is 13.5. The van der Waals surface area contributed by atoms with E-state index in [0.717, 1.165) is 6.07 Å². The number of hydrogen-bond acceptors (Lipinski definition) is 3. The molecule has 0 unspecified atom stereocenters. The van der Waals surface area contributed by atoms with Gasteiger partial charge in [-0.2, -0.15) is 0 Å². The van der Waals surface area contributed by atoms with Gasteiger partial charge in [-0.05, 0) is 36.4 Å². The van der Waals surface area contributed by atoms with Gasteiger partial charge in [-0.3, -0.25) is 4.79 Å². The van der Waals surface area contributed by atoms with Crippen LogP contribution >= 0.6 is 23.8 Å². The molecule has 2 aromatic rings. The fraction of sp³-hybridized carbons (Fsp3) is 0. The third-order valence-corrected chi connectivity index (χ3v) is 3.15. The lowest BCUT2D eigenvalue weighted by molar-refractivity contribution is 0.102. The van der Waals surface area contributed by atoms with Crippen LogP contribution in [-0.2, 0) is 0 Å². The Bertz CT molecular complexity index is 737. The number of nitrogens with one attached hydrogen (secondary N) is 1. The van der Waals surface area contributed by atoms with Crippen molar-refractivity contribution in [2.24, 2.45) is 5.73 Å². The number of amides is 1. The van der Waals surface area contributed by atoms with E-state index in [-0.39, 0.29) is 21.9 Å². The summed E-state index contributed by atoms with van der Waals surface area (Å²) in [5.74, 6) is -1.38. The van der Waals surface area contributed by atoms with Crippen LogP contribution in [0.5, 0.6) is 5.75 Å². The Morgan fingerprint density at radius 2 is 1.95 bits per heavy atom. The van der Waals surface area contributed by atoms with E-state index in [2.05, 4.69) is 5.32 Å². The lowest BCUT2D eigenvalue weighted by atomic mass is 10.1. The number of anilines is 1. The zero-order chi connectivity index (χ0) is 15.6. The van der Waals surface area contributed by atoms with Gasteiger partial charge in [0.25, 0.3) is 5.91 Å². The monoisotopic (exact) mass is 324 g/mol. The Kier molecular flexibility index (Phi) is 4.40. The zero-order valence-electron chi connectivity index (χ0n) is 10.6. The molecule has 0 spiro atoms. The first-order valence-corrected chi connectivity index (χ1v) is 6.56. The molecule has 108 valence electrons. The van der Waals surface area contributed by atoms with E-state index in [1.807, 2.05) is 0 Å². The van der Waals surface area contributed by atoms with E-state index in [0.29, 0.717) is 10.7 Å².